The van der Waals surface area contributed by atoms with Gasteiger partial charge >= 0.3 is 5.69 Å². The predicted molar refractivity (Wildman–Crippen MR) is 79.0 cm³/mol. The van der Waals surface area contributed by atoms with E-state index in [9.17, 15) is 9.90 Å². The van der Waals surface area contributed by atoms with Gasteiger partial charge in [0.2, 0.25) is 0 Å². The maximum Gasteiger partial charge on any atom is 0.350 e. The van der Waals surface area contributed by atoms with E-state index in [0.29, 0.717) is 0 Å². The van der Waals surface area contributed by atoms with E-state index in [2.05, 4.69) is 4.98 Å². The summed E-state index contributed by atoms with van der Waals surface area (Å²) in [5.74, 6) is -0.486. The number of aliphatic hydroxyl groups is 1. The smallest absolute Gasteiger partial charge is 0.350 e. The van der Waals surface area contributed by atoms with Crippen LogP contribution in [-0.4, -0.2) is 44.5 Å². The summed E-state index contributed by atoms with van der Waals surface area (Å²) in [6, 6.07) is 0. The quantitative estimate of drug-likeness (QED) is 0.808. The summed E-state index contributed by atoms with van der Waals surface area (Å²) in [5, 5.41) is 9.12. The van der Waals surface area contributed by atoms with Crippen molar-refractivity contribution in [3.8, 4) is 0 Å². The molecular formula is C13H19N3O4S. The number of fused-ring (bicyclic) bond motifs is 1. The highest BCUT2D eigenvalue weighted by atomic mass is 32.2. The molecule has 2 saturated heterocycles. The molecule has 3 N–H and O–H groups in total. The molecule has 2 aliphatic rings. The first-order valence-electron chi connectivity index (χ1n) is 6.79. The highest BCUT2D eigenvalue weighted by Crippen LogP contribution is 2.50. The zero-order chi connectivity index (χ0) is 15.4. The Labute approximate surface area is 126 Å². The lowest BCUT2D eigenvalue weighted by molar-refractivity contribution is -0.149. The number of anilines is 1. The molecule has 0 bridgehead atoms. The molecule has 3 heterocycles. The molecule has 1 aromatic rings. The fourth-order valence-corrected chi connectivity index (χ4v) is 4.25. The van der Waals surface area contributed by atoms with Gasteiger partial charge in [0, 0.05) is 11.8 Å². The highest BCUT2D eigenvalue weighted by Gasteiger charge is 2.55. The van der Waals surface area contributed by atoms with Gasteiger partial charge in [0.1, 0.15) is 23.4 Å². The number of nitrogen functional groups attached to an aromatic ring is 1. The van der Waals surface area contributed by atoms with E-state index in [1.54, 1.807) is 13.1 Å². The first kappa shape index (κ1) is 14.8. The highest BCUT2D eigenvalue weighted by molar-refractivity contribution is 8.00. The Morgan fingerprint density at radius 3 is 2.81 bits per heavy atom. The van der Waals surface area contributed by atoms with Crippen molar-refractivity contribution in [3.63, 3.8) is 0 Å². The van der Waals surface area contributed by atoms with E-state index in [0.717, 1.165) is 5.56 Å². The van der Waals surface area contributed by atoms with Gasteiger partial charge in [-0.25, -0.2) is 4.79 Å². The molecule has 116 valence electrons. The molecule has 0 spiro atoms. The summed E-state index contributed by atoms with van der Waals surface area (Å²) in [4.78, 5) is 16.0. The first-order valence-corrected chi connectivity index (χ1v) is 7.74. The fraction of sp³-hybridized carbons (Fsp3) is 0.692. The van der Waals surface area contributed by atoms with Crippen LogP contribution in [0.1, 0.15) is 24.8 Å². The third kappa shape index (κ3) is 2.46. The molecular weight excluding hydrogens is 294 g/mol. The number of hydrogen-bond donors (Lipinski definition) is 2. The third-order valence-electron chi connectivity index (χ3n) is 3.75. The number of rotatable bonds is 2. The third-order valence-corrected chi connectivity index (χ3v) is 5.29. The van der Waals surface area contributed by atoms with Crippen LogP contribution in [0.15, 0.2) is 11.0 Å². The number of nitrogens with two attached hydrogens (primary N) is 1. The first-order chi connectivity index (χ1) is 9.82. The molecule has 0 radical (unpaired) electrons. The minimum atomic E-state index is -0.720. The van der Waals surface area contributed by atoms with Crippen LogP contribution in [0.5, 0.6) is 0 Å². The number of aromatic nitrogens is 2. The summed E-state index contributed by atoms with van der Waals surface area (Å²) >= 11 is 1.47. The Kier molecular flexibility index (Phi) is 3.52. The second-order valence-corrected chi connectivity index (χ2v) is 7.17. The van der Waals surface area contributed by atoms with Crippen molar-refractivity contribution in [1.82, 2.24) is 9.55 Å². The molecule has 1 aromatic heterocycles. The Morgan fingerprint density at radius 1 is 1.48 bits per heavy atom. The van der Waals surface area contributed by atoms with Crippen LogP contribution >= 0.6 is 11.8 Å². The van der Waals surface area contributed by atoms with Crippen molar-refractivity contribution in [3.05, 3.63) is 22.2 Å². The molecule has 4 atom stereocenters. The molecule has 0 aliphatic carbocycles. The molecule has 21 heavy (non-hydrogen) atoms. The zero-order valence-corrected chi connectivity index (χ0v) is 13.0. The van der Waals surface area contributed by atoms with Crippen LogP contribution in [-0.2, 0) is 9.47 Å². The fourth-order valence-electron chi connectivity index (χ4n) is 2.79. The van der Waals surface area contributed by atoms with Crippen LogP contribution in [0.4, 0.5) is 5.82 Å². The van der Waals surface area contributed by atoms with Crippen molar-refractivity contribution >= 4 is 17.6 Å². The van der Waals surface area contributed by atoms with Gasteiger partial charge in [0.05, 0.1) is 11.9 Å². The summed E-state index contributed by atoms with van der Waals surface area (Å²) in [5.41, 5.74) is 5.98. The molecule has 4 unspecified atom stereocenters. The van der Waals surface area contributed by atoms with Crippen LogP contribution in [0.3, 0.4) is 0 Å². The Bertz CT molecular complexity index is 618. The van der Waals surface area contributed by atoms with Gasteiger partial charge in [-0.3, -0.25) is 4.57 Å². The van der Waals surface area contributed by atoms with E-state index in [1.807, 2.05) is 13.8 Å². The van der Waals surface area contributed by atoms with E-state index in [1.165, 1.54) is 16.3 Å². The average Bonchev–Trinajstić information content (AvgIpc) is 2.87. The van der Waals surface area contributed by atoms with Gasteiger partial charge in [0.15, 0.2) is 5.79 Å². The number of aliphatic hydroxyl groups excluding tert-OH is 1. The molecule has 2 fully saturated rings. The van der Waals surface area contributed by atoms with Gasteiger partial charge in [-0.2, -0.15) is 4.98 Å². The molecule has 8 heteroatoms. The minimum absolute atomic E-state index is 0.0299. The topological polar surface area (TPSA) is 99.6 Å². The lowest BCUT2D eigenvalue weighted by Gasteiger charge is -2.23. The average molecular weight is 313 g/mol. The van der Waals surface area contributed by atoms with Crippen molar-refractivity contribution in [2.75, 3.05) is 12.3 Å². The SMILES string of the molecule is Cc1cn(C2SC(CO)C3OC(C)(C)OC32)c(=O)nc1N. The second-order valence-electron chi connectivity index (χ2n) is 5.81. The minimum Gasteiger partial charge on any atom is -0.395 e. The van der Waals surface area contributed by atoms with Crippen LogP contribution in [0, 0.1) is 6.92 Å². The number of nitrogens with zero attached hydrogens (tertiary/aromatic N) is 2. The zero-order valence-electron chi connectivity index (χ0n) is 12.1. The van der Waals surface area contributed by atoms with Crippen molar-refractivity contribution < 1.29 is 14.6 Å². The van der Waals surface area contributed by atoms with Gasteiger partial charge in [-0.05, 0) is 20.8 Å². The van der Waals surface area contributed by atoms with Gasteiger partial charge in [-0.1, -0.05) is 0 Å². The Hall–Kier alpha value is -1.09. The Balaban J connectivity index is 1.99. The largest absolute Gasteiger partial charge is 0.395 e. The van der Waals surface area contributed by atoms with Crippen LogP contribution in [0.25, 0.3) is 0 Å². The van der Waals surface area contributed by atoms with Gasteiger partial charge < -0.3 is 20.3 Å². The molecule has 3 rings (SSSR count). The van der Waals surface area contributed by atoms with E-state index in [4.69, 9.17) is 15.2 Å². The summed E-state index contributed by atoms with van der Waals surface area (Å²) in [6.07, 6.45) is 1.14. The molecule has 2 aliphatic heterocycles. The standard InChI is InChI=1S/C13H19N3O4S/c1-6-4-16(12(18)15-10(6)14)11-9-8(7(5-17)21-11)19-13(2,3)20-9/h4,7-9,11,17H,5H2,1-3H3,(H2,14,15,18). The normalized spacial score (nSPS) is 34.1. The molecule has 0 amide bonds. The maximum absolute atomic E-state index is 12.1. The summed E-state index contributed by atoms with van der Waals surface area (Å²) in [7, 11) is 0. The number of thioether (sulfide) groups is 1. The summed E-state index contributed by atoms with van der Waals surface area (Å²) < 4.78 is 13.3. The lowest BCUT2D eigenvalue weighted by Crippen LogP contribution is -2.34. The Morgan fingerprint density at radius 2 is 2.14 bits per heavy atom. The van der Waals surface area contributed by atoms with Gasteiger partial charge in [-0.15, -0.1) is 11.8 Å². The number of hydrogen-bond acceptors (Lipinski definition) is 7. The van der Waals surface area contributed by atoms with Crippen molar-refractivity contribution in [2.24, 2.45) is 0 Å². The lowest BCUT2D eigenvalue weighted by atomic mass is 10.1. The number of aryl methyl sites for hydroxylation is 1. The van der Waals surface area contributed by atoms with E-state index < -0.39 is 11.5 Å². The molecule has 7 nitrogen and oxygen atoms in total. The van der Waals surface area contributed by atoms with Crippen LogP contribution < -0.4 is 11.4 Å². The predicted octanol–water partition coefficient (Wildman–Crippen LogP) is 0.260. The van der Waals surface area contributed by atoms with Crippen molar-refractivity contribution in [1.29, 1.82) is 0 Å². The summed E-state index contributed by atoms with van der Waals surface area (Å²) in [6.45, 7) is 5.43. The van der Waals surface area contributed by atoms with Crippen molar-refractivity contribution in [2.45, 2.75) is 49.4 Å². The van der Waals surface area contributed by atoms with Crippen LogP contribution in [0.2, 0.25) is 0 Å². The molecule has 0 aromatic carbocycles. The van der Waals surface area contributed by atoms with Gasteiger partial charge in [0.25, 0.3) is 0 Å². The second kappa shape index (κ2) is 4.98. The van der Waals surface area contributed by atoms with E-state index in [-0.39, 0.29) is 35.3 Å². The maximum atomic E-state index is 12.1. The number of ether oxygens (including phenoxy) is 2. The van der Waals surface area contributed by atoms with E-state index >= 15 is 0 Å². The monoisotopic (exact) mass is 313 g/mol. The molecule has 0 saturated carbocycles.